The van der Waals surface area contributed by atoms with Gasteiger partial charge in [0.2, 0.25) is 0 Å². The lowest BCUT2D eigenvalue weighted by atomic mass is 10.1. The van der Waals surface area contributed by atoms with Crippen molar-refractivity contribution in [3.05, 3.63) is 68.6 Å². The summed E-state index contributed by atoms with van der Waals surface area (Å²) in [6.45, 7) is 0. The predicted octanol–water partition coefficient (Wildman–Crippen LogP) is 3.58. The van der Waals surface area contributed by atoms with Crippen molar-refractivity contribution >= 4 is 40.3 Å². The Morgan fingerprint density at radius 3 is 2.61 bits per heavy atom. The molecule has 1 N–H and O–H groups in total. The van der Waals surface area contributed by atoms with Crippen LogP contribution in [0.2, 0.25) is 0 Å². The lowest BCUT2D eigenvalue weighted by Crippen LogP contribution is -2.19. The van der Waals surface area contributed by atoms with Gasteiger partial charge in [0.05, 0.1) is 21.1 Å². The second-order valence-corrected chi connectivity index (χ2v) is 6.54. The van der Waals surface area contributed by atoms with Gasteiger partial charge in [0, 0.05) is 6.07 Å². The molecule has 1 heterocycles. The van der Waals surface area contributed by atoms with E-state index in [9.17, 15) is 33.2 Å². The van der Waals surface area contributed by atoms with Gasteiger partial charge in [-0.1, -0.05) is 18.2 Å². The van der Waals surface area contributed by atoms with E-state index in [1.54, 1.807) is 0 Å². The number of benzene rings is 2. The molecule has 3 rings (SSSR count). The van der Waals surface area contributed by atoms with Gasteiger partial charge in [-0.3, -0.25) is 14.9 Å². The number of alkyl halides is 3. The molecule has 11 heteroatoms. The van der Waals surface area contributed by atoms with Gasteiger partial charge < -0.3 is 10.4 Å². The Balaban J connectivity index is 1.86. The molecule has 0 unspecified atom stereocenters. The summed E-state index contributed by atoms with van der Waals surface area (Å²) in [4.78, 5) is 26.1. The van der Waals surface area contributed by atoms with Crippen molar-refractivity contribution < 1.29 is 28.0 Å². The molecule has 2 aromatic rings. The first-order valence-electron chi connectivity index (χ1n) is 7.56. The van der Waals surface area contributed by atoms with Gasteiger partial charge in [-0.15, -0.1) is 0 Å². The second-order valence-electron chi connectivity index (χ2n) is 5.51. The van der Waals surface area contributed by atoms with E-state index < -0.39 is 34.0 Å². The van der Waals surface area contributed by atoms with Crippen LogP contribution < -0.4 is 10.4 Å². The number of nitrogens with zero attached hydrogens (tertiary/aromatic N) is 2. The molecular weight excluding hydrogens is 399 g/mol. The van der Waals surface area contributed by atoms with E-state index in [4.69, 9.17) is 0 Å². The Morgan fingerprint density at radius 2 is 1.93 bits per heavy atom. The molecule has 0 aromatic heterocycles. The minimum Gasteiger partial charge on any atom is -0.868 e. The molecule has 1 aliphatic heterocycles. The first kappa shape index (κ1) is 19.4. The predicted molar refractivity (Wildman–Crippen MR) is 94.8 cm³/mol. The van der Waals surface area contributed by atoms with Gasteiger partial charge in [-0.05, 0) is 47.3 Å². The maximum atomic E-state index is 12.8. The number of hydrogen-bond donors (Lipinski definition) is 1. The van der Waals surface area contributed by atoms with E-state index in [1.807, 2.05) is 0 Å². The molecule has 0 aliphatic carbocycles. The zero-order chi connectivity index (χ0) is 20.5. The molecule has 7 nitrogen and oxygen atoms in total. The molecule has 0 radical (unpaired) electrons. The molecule has 1 aliphatic rings. The summed E-state index contributed by atoms with van der Waals surface area (Å²) >= 11 is 0.861. The molecule has 1 amide bonds. The maximum Gasteiger partial charge on any atom is 0.416 e. The van der Waals surface area contributed by atoms with Gasteiger partial charge in [-0.25, -0.2) is 4.99 Å². The van der Waals surface area contributed by atoms with Crippen LogP contribution in [0, 0.1) is 10.1 Å². The summed E-state index contributed by atoms with van der Waals surface area (Å²) in [7, 11) is 0. The fourth-order valence-corrected chi connectivity index (χ4v) is 3.11. The number of halogens is 3. The fourth-order valence-electron chi connectivity index (χ4n) is 2.27. The van der Waals surface area contributed by atoms with E-state index in [0.717, 1.165) is 36.0 Å². The van der Waals surface area contributed by atoms with E-state index in [-0.39, 0.29) is 21.3 Å². The number of rotatable bonds is 3. The quantitative estimate of drug-likeness (QED) is 0.475. The normalized spacial score (nSPS) is 17.2. The summed E-state index contributed by atoms with van der Waals surface area (Å²) in [5, 5.41) is 24.7. The third-order valence-corrected chi connectivity index (χ3v) is 4.44. The number of carbonyl (C=O) groups excluding carboxylic acids is 1. The van der Waals surface area contributed by atoms with Crippen molar-refractivity contribution in [3.8, 4) is 5.75 Å². The van der Waals surface area contributed by atoms with Crippen molar-refractivity contribution in [2.45, 2.75) is 6.18 Å². The van der Waals surface area contributed by atoms with E-state index >= 15 is 0 Å². The Bertz CT molecular complexity index is 1030. The van der Waals surface area contributed by atoms with Crippen molar-refractivity contribution in [1.29, 1.82) is 0 Å². The minimum atomic E-state index is -4.52. The number of amides is 1. The Hall–Kier alpha value is -3.34. The Kier molecular flexibility index (Phi) is 5.10. The van der Waals surface area contributed by atoms with Crippen molar-refractivity contribution in [2.24, 2.45) is 4.99 Å². The molecule has 0 saturated carbocycles. The second kappa shape index (κ2) is 7.35. The average Bonchev–Trinajstić information content (AvgIpc) is 2.95. The highest BCUT2D eigenvalue weighted by Crippen LogP contribution is 2.33. The van der Waals surface area contributed by atoms with Crippen LogP contribution in [0.25, 0.3) is 6.08 Å². The molecule has 1 fully saturated rings. The zero-order valence-electron chi connectivity index (χ0n) is 13.7. The summed E-state index contributed by atoms with van der Waals surface area (Å²) in [5.74, 6) is -1.33. The van der Waals surface area contributed by atoms with E-state index in [2.05, 4.69) is 10.3 Å². The Morgan fingerprint density at radius 1 is 1.18 bits per heavy atom. The molecule has 28 heavy (non-hydrogen) atoms. The van der Waals surface area contributed by atoms with Crippen LogP contribution in [0.15, 0.2) is 52.4 Å². The molecule has 144 valence electrons. The number of amidine groups is 1. The number of hydrogen-bond acceptors (Lipinski definition) is 6. The summed E-state index contributed by atoms with van der Waals surface area (Å²) in [5.41, 5.74) is -1.24. The van der Waals surface area contributed by atoms with Crippen LogP contribution in [0.5, 0.6) is 5.75 Å². The fraction of sp³-hybridized carbons (Fsp3) is 0.0588. The van der Waals surface area contributed by atoms with Crippen LogP contribution in [0.4, 0.5) is 24.5 Å². The molecule has 0 bridgehead atoms. The first-order chi connectivity index (χ1) is 13.1. The van der Waals surface area contributed by atoms with Gasteiger partial charge in [-0.2, -0.15) is 13.2 Å². The summed E-state index contributed by atoms with van der Waals surface area (Å²) in [6, 6.07) is 7.67. The third kappa shape index (κ3) is 4.31. The topological polar surface area (TPSA) is 108 Å². The first-order valence-corrected chi connectivity index (χ1v) is 8.37. The average molecular weight is 408 g/mol. The lowest BCUT2D eigenvalue weighted by Gasteiger charge is -2.06. The van der Waals surface area contributed by atoms with Crippen LogP contribution in [-0.2, 0) is 11.0 Å². The Labute approximate surface area is 159 Å². The lowest BCUT2D eigenvalue weighted by molar-refractivity contribution is -0.398. The minimum absolute atomic E-state index is 0.00483. The molecule has 1 saturated heterocycles. The van der Waals surface area contributed by atoms with Gasteiger partial charge in [0.15, 0.2) is 5.17 Å². The van der Waals surface area contributed by atoms with Crippen molar-refractivity contribution in [1.82, 2.24) is 5.32 Å². The van der Waals surface area contributed by atoms with E-state index in [0.29, 0.717) is 0 Å². The van der Waals surface area contributed by atoms with Crippen molar-refractivity contribution in [3.63, 3.8) is 0 Å². The smallest absolute Gasteiger partial charge is 0.416 e. The third-order valence-electron chi connectivity index (χ3n) is 3.53. The van der Waals surface area contributed by atoms with Crippen LogP contribution in [-0.4, -0.2) is 16.0 Å². The number of nitro benzene ring substituents is 1. The monoisotopic (exact) mass is 408 g/mol. The number of nitrogens with one attached hydrogen (secondary N) is 1. The number of aliphatic imine (C=N–C) groups is 1. The zero-order valence-corrected chi connectivity index (χ0v) is 14.5. The van der Waals surface area contributed by atoms with Gasteiger partial charge >= 0.3 is 6.18 Å². The molecular formula is C17H9F3N3O4S-. The highest BCUT2D eigenvalue weighted by molar-refractivity contribution is 8.18. The van der Waals surface area contributed by atoms with Gasteiger partial charge in [0.25, 0.3) is 11.6 Å². The summed E-state index contributed by atoms with van der Waals surface area (Å²) < 4.78 is 38.3. The SMILES string of the molecule is O=C1NC(=Nc2cccc(C(F)(F)F)c2)S/C1=C\c1ccc([O-])c([N+](=O)[O-])c1. The molecule has 0 atom stereocenters. The van der Waals surface area contributed by atoms with Crippen LogP contribution >= 0.6 is 11.8 Å². The highest BCUT2D eigenvalue weighted by Gasteiger charge is 2.30. The maximum absolute atomic E-state index is 12.8. The number of carbonyl (C=O) groups is 1. The molecule has 0 spiro atoms. The highest BCUT2D eigenvalue weighted by atomic mass is 32.2. The number of thioether (sulfide) groups is 1. The largest absolute Gasteiger partial charge is 0.868 e. The molecule has 2 aromatic carbocycles. The van der Waals surface area contributed by atoms with Crippen LogP contribution in [0.3, 0.4) is 0 Å². The number of nitro groups is 1. The standard InChI is InChI=1S/C17H10F3N3O4S/c18-17(19,20)10-2-1-3-11(8-10)21-16-22-15(25)14(28-16)7-9-4-5-13(24)12(6-9)23(26)27/h1-8,24H,(H,21,22,25)/p-1/b14-7-. The van der Waals surface area contributed by atoms with Gasteiger partial charge in [0.1, 0.15) is 0 Å². The summed E-state index contributed by atoms with van der Waals surface area (Å²) in [6.07, 6.45) is -3.20. The van der Waals surface area contributed by atoms with Crippen LogP contribution in [0.1, 0.15) is 11.1 Å². The van der Waals surface area contributed by atoms with E-state index in [1.165, 1.54) is 24.3 Å². The van der Waals surface area contributed by atoms with Crippen molar-refractivity contribution in [2.75, 3.05) is 0 Å².